The Morgan fingerprint density at radius 1 is 1.12 bits per heavy atom. The van der Waals surface area contributed by atoms with Crippen LogP contribution in [0, 0.1) is 26.7 Å². The zero-order valence-electron chi connectivity index (χ0n) is 19.7. The van der Waals surface area contributed by atoms with Crippen LogP contribution in [0.15, 0.2) is 6.20 Å². The van der Waals surface area contributed by atoms with Gasteiger partial charge in [-0.2, -0.15) is 0 Å². The third kappa shape index (κ3) is 4.36. The molecule has 0 radical (unpaired) electrons. The van der Waals surface area contributed by atoms with Crippen LogP contribution in [0.1, 0.15) is 78.0 Å². The molecule has 170 valence electrons. The van der Waals surface area contributed by atoms with Crippen molar-refractivity contribution in [1.82, 2.24) is 24.8 Å². The summed E-state index contributed by atoms with van der Waals surface area (Å²) in [5.74, 6) is 2.83. The first-order valence-corrected chi connectivity index (χ1v) is 11.5. The van der Waals surface area contributed by atoms with Crippen molar-refractivity contribution in [2.75, 3.05) is 24.5 Å². The highest BCUT2D eigenvalue weighted by molar-refractivity contribution is 5.96. The van der Waals surface area contributed by atoms with Crippen LogP contribution in [-0.2, 0) is 11.2 Å². The molecule has 0 saturated carbocycles. The number of aromatic nitrogens is 4. The summed E-state index contributed by atoms with van der Waals surface area (Å²) in [6.07, 6.45) is 4.56. The highest BCUT2D eigenvalue weighted by Crippen LogP contribution is 2.33. The lowest BCUT2D eigenvalue weighted by atomic mass is 10.0. The molecule has 0 N–H and O–H groups in total. The zero-order chi connectivity index (χ0) is 23.0. The van der Waals surface area contributed by atoms with Crippen LogP contribution in [0.3, 0.4) is 0 Å². The number of hydrogen-bond donors (Lipinski definition) is 0. The van der Waals surface area contributed by atoms with E-state index in [1.54, 1.807) is 6.20 Å². The molecule has 1 atom stereocenters. The maximum Gasteiger partial charge on any atom is 0.257 e. The van der Waals surface area contributed by atoms with Gasteiger partial charge in [0.1, 0.15) is 17.5 Å². The third-order valence-electron chi connectivity index (χ3n) is 6.46. The molecule has 2 aromatic heterocycles. The Hall–Kier alpha value is -2.90. The van der Waals surface area contributed by atoms with E-state index in [2.05, 4.69) is 23.8 Å². The van der Waals surface area contributed by atoms with E-state index in [0.29, 0.717) is 55.5 Å². The quantitative estimate of drug-likeness (QED) is 0.715. The van der Waals surface area contributed by atoms with Crippen molar-refractivity contribution in [2.45, 2.75) is 66.2 Å². The van der Waals surface area contributed by atoms with Gasteiger partial charge < -0.3 is 4.90 Å². The zero-order valence-corrected chi connectivity index (χ0v) is 19.7. The Kier molecular flexibility index (Phi) is 6.22. The molecule has 4 heterocycles. The predicted octanol–water partition coefficient (Wildman–Crippen LogP) is 3.15. The van der Waals surface area contributed by atoms with Crippen molar-refractivity contribution in [3.63, 3.8) is 0 Å². The third-order valence-corrected chi connectivity index (χ3v) is 6.46. The molecule has 2 aliphatic rings. The van der Waals surface area contributed by atoms with Gasteiger partial charge in [0.15, 0.2) is 0 Å². The van der Waals surface area contributed by atoms with Crippen molar-refractivity contribution in [1.29, 1.82) is 0 Å². The summed E-state index contributed by atoms with van der Waals surface area (Å²) in [6.45, 7) is 11.9. The van der Waals surface area contributed by atoms with Crippen molar-refractivity contribution in [3.8, 4) is 0 Å². The summed E-state index contributed by atoms with van der Waals surface area (Å²) in [7, 11) is 0. The number of fused-ring (bicyclic) bond motifs is 1. The molecule has 1 unspecified atom stereocenters. The minimum Gasteiger partial charge on any atom is -0.338 e. The number of likely N-dealkylation sites (tertiary alicyclic amines) is 1. The Morgan fingerprint density at radius 3 is 2.62 bits per heavy atom. The number of anilines is 1. The van der Waals surface area contributed by atoms with Gasteiger partial charge in [0, 0.05) is 49.4 Å². The summed E-state index contributed by atoms with van der Waals surface area (Å²) in [5.41, 5.74) is 3.27. The van der Waals surface area contributed by atoms with Crippen molar-refractivity contribution < 1.29 is 9.59 Å². The molecule has 0 aliphatic carbocycles. The summed E-state index contributed by atoms with van der Waals surface area (Å²) in [5, 5.41) is 0. The fourth-order valence-corrected chi connectivity index (χ4v) is 4.52. The van der Waals surface area contributed by atoms with Crippen molar-refractivity contribution >= 4 is 17.6 Å². The summed E-state index contributed by atoms with van der Waals surface area (Å²) < 4.78 is 0. The number of aryl methyl sites for hydroxylation is 3. The standard InChI is InChI=1S/C24H32N6O2/c1-14(2)8-11-30-21(31)7-6-19-15(3)27-22(28-23(19)30)18-9-10-29(13-18)24(32)20-12-25-17(5)26-16(20)4/h12,14,18H,6-11,13H2,1-5H3. The lowest BCUT2D eigenvalue weighted by Gasteiger charge is -2.30. The average Bonchev–Trinajstić information content (AvgIpc) is 3.22. The van der Waals surface area contributed by atoms with Crippen LogP contribution in [0.25, 0.3) is 0 Å². The second-order valence-corrected chi connectivity index (χ2v) is 9.35. The first-order chi connectivity index (χ1) is 15.2. The smallest absolute Gasteiger partial charge is 0.257 e. The molecule has 2 aromatic rings. The SMILES string of the molecule is Cc1ncc(C(=O)N2CCC(c3nc(C)c4c(n3)N(CCC(C)C)C(=O)CC4)C2)c(C)n1. The maximum atomic E-state index is 13.1. The van der Waals surface area contributed by atoms with Gasteiger partial charge in [-0.1, -0.05) is 13.8 Å². The van der Waals surface area contributed by atoms with E-state index in [-0.39, 0.29) is 17.7 Å². The number of nitrogens with zero attached hydrogens (tertiary/aromatic N) is 6. The maximum absolute atomic E-state index is 13.1. The molecule has 1 saturated heterocycles. The molecule has 0 spiro atoms. The highest BCUT2D eigenvalue weighted by Gasteiger charge is 2.33. The summed E-state index contributed by atoms with van der Waals surface area (Å²) >= 11 is 0. The largest absolute Gasteiger partial charge is 0.338 e. The molecule has 0 aromatic carbocycles. The monoisotopic (exact) mass is 436 g/mol. The Morgan fingerprint density at radius 2 is 1.91 bits per heavy atom. The second-order valence-electron chi connectivity index (χ2n) is 9.35. The van der Waals surface area contributed by atoms with Gasteiger partial charge in [0.25, 0.3) is 5.91 Å². The summed E-state index contributed by atoms with van der Waals surface area (Å²) in [6, 6.07) is 0. The van der Waals surface area contributed by atoms with E-state index in [1.165, 1.54) is 0 Å². The average molecular weight is 437 g/mol. The summed E-state index contributed by atoms with van der Waals surface area (Å²) in [4.78, 5) is 47.6. The topological polar surface area (TPSA) is 92.2 Å². The molecule has 32 heavy (non-hydrogen) atoms. The van der Waals surface area contributed by atoms with E-state index in [1.807, 2.05) is 30.6 Å². The lowest BCUT2D eigenvalue weighted by Crippen LogP contribution is -2.38. The van der Waals surface area contributed by atoms with E-state index in [9.17, 15) is 9.59 Å². The second kappa shape index (κ2) is 8.92. The van der Waals surface area contributed by atoms with Gasteiger partial charge in [-0.05, 0) is 46.0 Å². The Balaban J connectivity index is 1.56. The number of hydrogen-bond acceptors (Lipinski definition) is 6. The fraction of sp³-hybridized carbons (Fsp3) is 0.583. The molecule has 1 fully saturated rings. The van der Waals surface area contributed by atoms with Gasteiger partial charge in [0.05, 0.1) is 11.3 Å². The normalized spacial score (nSPS) is 18.4. The van der Waals surface area contributed by atoms with E-state index in [4.69, 9.17) is 9.97 Å². The van der Waals surface area contributed by atoms with Crippen LogP contribution in [-0.4, -0.2) is 56.3 Å². The molecular formula is C24H32N6O2. The van der Waals surface area contributed by atoms with Gasteiger partial charge in [0.2, 0.25) is 5.91 Å². The first kappa shape index (κ1) is 22.3. The van der Waals surface area contributed by atoms with Crippen LogP contribution in [0.4, 0.5) is 5.82 Å². The number of amides is 2. The molecule has 8 nitrogen and oxygen atoms in total. The van der Waals surface area contributed by atoms with Gasteiger partial charge in [-0.25, -0.2) is 19.9 Å². The van der Waals surface area contributed by atoms with E-state index in [0.717, 1.165) is 35.7 Å². The van der Waals surface area contributed by atoms with Crippen LogP contribution >= 0.6 is 0 Å². The van der Waals surface area contributed by atoms with Crippen LogP contribution < -0.4 is 4.90 Å². The predicted molar refractivity (Wildman–Crippen MR) is 122 cm³/mol. The molecule has 2 amide bonds. The molecule has 4 rings (SSSR count). The van der Waals surface area contributed by atoms with E-state index >= 15 is 0 Å². The van der Waals surface area contributed by atoms with Crippen molar-refractivity contribution in [2.24, 2.45) is 5.92 Å². The van der Waals surface area contributed by atoms with Gasteiger partial charge in [-0.3, -0.25) is 14.5 Å². The minimum absolute atomic E-state index is 0.0478. The Bertz CT molecular complexity index is 1050. The van der Waals surface area contributed by atoms with Crippen molar-refractivity contribution in [3.05, 3.63) is 40.4 Å². The Labute approximate surface area is 189 Å². The highest BCUT2D eigenvalue weighted by atomic mass is 16.2. The number of rotatable bonds is 5. The number of carbonyl (C=O) groups excluding carboxylic acids is 2. The molecule has 0 bridgehead atoms. The van der Waals surface area contributed by atoms with Crippen LogP contribution in [0.5, 0.6) is 0 Å². The molecule has 8 heteroatoms. The molecular weight excluding hydrogens is 404 g/mol. The van der Waals surface area contributed by atoms with Gasteiger partial charge in [-0.15, -0.1) is 0 Å². The lowest BCUT2D eigenvalue weighted by molar-refractivity contribution is -0.119. The number of carbonyl (C=O) groups is 2. The van der Waals surface area contributed by atoms with Crippen LogP contribution in [0.2, 0.25) is 0 Å². The van der Waals surface area contributed by atoms with E-state index < -0.39 is 0 Å². The fourth-order valence-electron chi connectivity index (χ4n) is 4.52. The molecule has 2 aliphatic heterocycles. The first-order valence-electron chi connectivity index (χ1n) is 11.5. The van der Waals surface area contributed by atoms with Gasteiger partial charge >= 0.3 is 0 Å². The minimum atomic E-state index is -0.0478.